The molecule has 1 aliphatic rings. The summed E-state index contributed by atoms with van der Waals surface area (Å²) < 4.78 is 11.9. The van der Waals surface area contributed by atoms with Gasteiger partial charge in [0.1, 0.15) is 5.75 Å². The van der Waals surface area contributed by atoms with Gasteiger partial charge >= 0.3 is 0 Å². The molecule has 1 unspecified atom stereocenters. The number of halogens is 1. The fraction of sp³-hybridized carbons (Fsp3) is 0.538. The molecule has 17 heavy (non-hydrogen) atoms. The minimum absolute atomic E-state index is 0.378. The summed E-state index contributed by atoms with van der Waals surface area (Å²) in [5.41, 5.74) is 1.21. The molecule has 0 amide bonds. The van der Waals surface area contributed by atoms with Crippen LogP contribution in [-0.4, -0.2) is 38.3 Å². The molecule has 0 radical (unpaired) electrons. The molecule has 0 N–H and O–H groups in total. The number of hydrogen-bond donors (Lipinski definition) is 0. The number of benzene rings is 1. The van der Waals surface area contributed by atoms with Gasteiger partial charge in [-0.1, -0.05) is 22.0 Å². The summed E-state index contributed by atoms with van der Waals surface area (Å²) in [7, 11) is 3.50. The van der Waals surface area contributed by atoms with Gasteiger partial charge in [-0.3, -0.25) is 4.90 Å². The van der Waals surface area contributed by atoms with Crippen LogP contribution in [0.4, 0.5) is 0 Å². The first-order chi connectivity index (χ1) is 8.24. The average Bonchev–Trinajstić information content (AvgIpc) is 2.79. The molecule has 1 aliphatic heterocycles. The maximum absolute atomic E-state index is 5.40. The Labute approximate surface area is 111 Å². The second kappa shape index (κ2) is 5.85. The summed E-state index contributed by atoms with van der Waals surface area (Å²) in [5, 5.41) is 0. The van der Waals surface area contributed by atoms with Crippen LogP contribution in [0.15, 0.2) is 22.7 Å². The maximum Gasteiger partial charge on any atom is 0.124 e. The minimum atomic E-state index is 0.378. The quantitative estimate of drug-likeness (QED) is 0.853. The summed E-state index contributed by atoms with van der Waals surface area (Å²) in [6.07, 6.45) is 1.49. The number of methoxy groups -OCH3 is 2. The fourth-order valence-corrected chi connectivity index (χ4v) is 2.71. The first kappa shape index (κ1) is 12.9. The van der Waals surface area contributed by atoms with Gasteiger partial charge in [-0.2, -0.15) is 0 Å². The predicted octanol–water partition coefficient (Wildman–Crippen LogP) is 2.68. The Balaban J connectivity index is 2.08. The Bertz CT molecular complexity index is 384. The molecular weight excluding hydrogens is 282 g/mol. The zero-order valence-electron chi connectivity index (χ0n) is 10.3. The zero-order valence-corrected chi connectivity index (χ0v) is 11.9. The lowest BCUT2D eigenvalue weighted by Crippen LogP contribution is -2.22. The number of likely N-dealkylation sites (tertiary alicyclic amines) is 1. The van der Waals surface area contributed by atoms with Crippen molar-refractivity contribution in [3.05, 3.63) is 28.2 Å². The summed E-state index contributed by atoms with van der Waals surface area (Å²) >= 11 is 3.59. The number of ether oxygens (including phenoxy) is 2. The first-order valence-electron chi connectivity index (χ1n) is 5.81. The van der Waals surface area contributed by atoms with E-state index < -0.39 is 0 Å². The van der Waals surface area contributed by atoms with Crippen molar-refractivity contribution in [1.29, 1.82) is 0 Å². The van der Waals surface area contributed by atoms with Crippen molar-refractivity contribution in [3.63, 3.8) is 0 Å². The van der Waals surface area contributed by atoms with Crippen LogP contribution in [-0.2, 0) is 11.3 Å². The number of nitrogens with zero attached hydrogens (tertiary/aromatic N) is 1. The van der Waals surface area contributed by atoms with Crippen molar-refractivity contribution in [2.24, 2.45) is 0 Å². The second-order valence-electron chi connectivity index (χ2n) is 4.30. The van der Waals surface area contributed by atoms with Gasteiger partial charge in [-0.05, 0) is 18.6 Å². The van der Waals surface area contributed by atoms with Crippen molar-refractivity contribution >= 4 is 15.9 Å². The van der Waals surface area contributed by atoms with Crippen LogP contribution in [0.3, 0.4) is 0 Å². The van der Waals surface area contributed by atoms with Crippen LogP contribution in [0.2, 0.25) is 0 Å². The molecule has 1 aromatic rings. The highest BCUT2D eigenvalue weighted by atomic mass is 79.9. The van der Waals surface area contributed by atoms with E-state index in [-0.39, 0.29) is 0 Å². The van der Waals surface area contributed by atoms with Gasteiger partial charge < -0.3 is 9.47 Å². The lowest BCUT2D eigenvalue weighted by Gasteiger charge is -2.18. The van der Waals surface area contributed by atoms with Crippen LogP contribution in [0.5, 0.6) is 5.75 Å². The first-order valence-corrected chi connectivity index (χ1v) is 6.60. The molecule has 94 valence electrons. The maximum atomic E-state index is 5.40. The van der Waals surface area contributed by atoms with Gasteiger partial charge in [-0.15, -0.1) is 0 Å². The van der Waals surface area contributed by atoms with Crippen LogP contribution in [0, 0.1) is 0 Å². The molecule has 3 nitrogen and oxygen atoms in total. The topological polar surface area (TPSA) is 21.7 Å². The Morgan fingerprint density at radius 2 is 2.24 bits per heavy atom. The molecule has 0 saturated carbocycles. The van der Waals surface area contributed by atoms with Crippen molar-refractivity contribution in [2.75, 3.05) is 27.3 Å². The molecule has 4 heteroatoms. The Hall–Kier alpha value is -0.580. The van der Waals surface area contributed by atoms with Gasteiger partial charge in [0.25, 0.3) is 0 Å². The van der Waals surface area contributed by atoms with Crippen molar-refractivity contribution in [1.82, 2.24) is 4.90 Å². The van der Waals surface area contributed by atoms with Crippen LogP contribution < -0.4 is 4.74 Å². The largest absolute Gasteiger partial charge is 0.496 e. The van der Waals surface area contributed by atoms with Crippen molar-refractivity contribution in [2.45, 2.75) is 19.1 Å². The minimum Gasteiger partial charge on any atom is -0.496 e. The lowest BCUT2D eigenvalue weighted by molar-refractivity contribution is 0.107. The van der Waals surface area contributed by atoms with Crippen LogP contribution in [0.1, 0.15) is 12.0 Å². The van der Waals surface area contributed by atoms with Crippen LogP contribution in [0.25, 0.3) is 0 Å². The molecule has 1 aromatic carbocycles. The monoisotopic (exact) mass is 299 g/mol. The molecule has 1 atom stereocenters. The van der Waals surface area contributed by atoms with E-state index in [9.17, 15) is 0 Å². The Kier molecular flexibility index (Phi) is 4.42. The predicted molar refractivity (Wildman–Crippen MR) is 71.4 cm³/mol. The molecule has 0 bridgehead atoms. The van der Waals surface area contributed by atoms with Crippen molar-refractivity contribution < 1.29 is 9.47 Å². The standard InChI is InChI=1S/C13H18BrNO2/c1-16-10-6-7-15(8-10)9-11-12(14)4-3-5-13(11)17-2/h3-5,10H,6-9H2,1-2H3. The van der Waals surface area contributed by atoms with E-state index in [1.54, 1.807) is 14.2 Å². The van der Waals surface area contributed by atoms with Crippen LogP contribution >= 0.6 is 15.9 Å². The highest BCUT2D eigenvalue weighted by Gasteiger charge is 2.23. The highest BCUT2D eigenvalue weighted by molar-refractivity contribution is 9.10. The molecule has 1 saturated heterocycles. The van der Waals surface area contributed by atoms with E-state index in [0.717, 1.165) is 36.3 Å². The molecular formula is C13H18BrNO2. The average molecular weight is 300 g/mol. The van der Waals surface area contributed by atoms with Gasteiger partial charge in [0.15, 0.2) is 0 Å². The van der Waals surface area contributed by atoms with Crippen molar-refractivity contribution in [3.8, 4) is 5.75 Å². The smallest absolute Gasteiger partial charge is 0.124 e. The Morgan fingerprint density at radius 1 is 1.41 bits per heavy atom. The lowest BCUT2D eigenvalue weighted by atomic mass is 10.2. The van der Waals surface area contributed by atoms with E-state index in [4.69, 9.17) is 9.47 Å². The molecule has 1 heterocycles. The van der Waals surface area contributed by atoms with E-state index in [1.165, 1.54) is 5.56 Å². The summed E-state index contributed by atoms with van der Waals surface area (Å²) in [6, 6.07) is 6.06. The molecule has 2 rings (SSSR count). The third-order valence-electron chi connectivity index (χ3n) is 3.24. The number of hydrogen-bond acceptors (Lipinski definition) is 3. The summed E-state index contributed by atoms with van der Waals surface area (Å²) in [4.78, 5) is 2.40. The highest BCUT2D eigenvalue weighted by Crippen LogP contribution is 2.29. The molecule has 0 aliphatic carbocycles. The van der Waals surface area contributed by atoms with Gasteiger partial charge in [0, 0.05) is 36.8 Å². The second-order valence-corrected chi connectivity index (χ2v) is 5.16. The van der Waals surface area contributed by atoms with E-state index in [0.29, 0.717) is 6.10 Å². The van der Waals surface area contributed by atoms with E-state index in [1.807, 2.05) is 12.1 Å². The number of rotatable bonds is 4. The third-order valence-corrected chi connectivity index (χ3v) is 3.98. The fourth-order valence-electron chi connectivity index (χ4n) is 2.24. The molecule has 1 fully saturated rings. The Morgan fingerprint density at radius 3 is 2.88 bits per heavy atom. The summed E-state index contributed by atoms with van der Waals surface area (Å²) in [6.45, 7) is 2.99. The zero-order chi connectivity index (χ0) is 12.3. The molecule has 0 spiro atoms. The van der Waals surface area contributed by atoms with Gasteiger partial charge in [0.05, 0.1) is 13.2 Å². The van der Waals surface area contributed by atoms with Gasteiger partial charge in [0.2, 0.25) is 0 Å². The van der Waals surface area contributed by atoms with Gasteiger partial charge in [-0.25, -0.2) is 0 Å². The SMILES string of the molecule is COc1cccc(Br)c1CN1CCC(OC)C1. The van der Waals surface area contributed by atoms with E-state index >= 15 is 0 Å². The normalized spacial score (nSPS) is 20.8. The van der Waals surface area contributed by atoms with E-state index in [2.05, 4.69) is 26.9 Å². The third kappa shape index (κ3) is 3.00. The molecule has 0 aromatic heterocycles. The summed E-state index contributed by atoms with van der Waals surface area (Å²) in [5.74, 6) is 0.945.